The molecule has 0 bridgehead atoms. The van der Waals surface area contributed by atoms with E-state index < -0.39 is 0 Å². The van der Waals surface area contributed by atoms with Crippen molar-refractivity contribution in [3.8, 4) is 5.69 Å². The summed E-state index contributed by atoms with van der Waals surface area (Å²) in [5.41, 5.74) is 5.61. The molecule has 1 saturated heterocycles. The Bertz CT molecular complexity index is 743. The average Bonchev–Trinajstić information content (AvgIpc) is 2.98. The van der Waals surface area contributed by atoms with Crippen LogP contribution >= 0.6 is 11.8 Å². The molecule has 25 heavy (non-hydrogen) atoms. The van der Waals surface area contributed by atoms with Gasteiger partial charge in [0.05, 0.1) is 11.9 Å². The third kappa shape index (κ3) is 3.52. The third-order valence-electron chi connectivity index (χ3n) is 5.68. The number of nitrogens with zero attached hydrogens (tertiary/aromatic N) is 2. The fourth-order valence-electron chi connectivity index (χ4n) is 4.35. The lowest BCUT2D eigenvalue weighted by atomic mass is 9.74. The molecule has 1 fully saturated rings. The summed E-state index contributed by atoms with van der Waals surface area (Å²) in [5, 5.41) is 8.79. The van der Waals surface area contributed by atoms with Crippen molar-refractivity contribution in [2.75, 3.05) is 11.5 Å². The first-order valence-electron chi connectivity index (χ1n) is 9.50. The van der Waals surface area contributed by atoms with Crippen molar-refractivity contribution in [1.82, 2.24) is 15.1 Å². The number of aryl methyl sites for hydroxylation is 1. The summed E-state index contributed by atoms with van der Waals surface area (Å²) in [6.07, 6.45) is 7.00. The van der Waals surface area contributed by atoms with Crippen LogP contribution in [0.4, 0.5) is 0 Å². The molecule has 1 aromatic carbocycles. The first-order valence-corrected chi connectivity index (χ1v) is 10.7. The maximum absolute atomic E-state index is 4.81. The fraction of sp³-hybridized carbons (Fsp3) is 0.571. The Labute approximate surface area is 155 Å². The molecular weight excluding hydrogens is 326 g/mol. The number of nitrogens with one attached hydrogen (secondary N) is 1. The van der Waals surface area contributed by atoms with Crippen LogP contribution < -0.4 is 5.32 Å². The lowest BCUT2D eigenvalue weighted by Crippen LogP contribution is -2.40. The van der Waals surface area contributed by atoms with Gasteiger partial charge < -0.3 is 5.32 Å². The summed E-state index contributed by atoms with van der Waals surface area (Å²) in [4.78, 5) is 0. The maximum atomic E-state index is 4.81. The van der Waals surface area contributed by atoms with Crippen LogP contribution in [0.25, 0.3) is 5.69 Å². The number of aromatic nitrogens is 2. The highest BCUT2D eigenvalue weighted by atomic mass is 32.2. The zero-order valence-corrected chi connectivity index (χ0v) is 16.4. The molecule has 1 N–H and O–H groups in total. The molecule has 0 unspecified atom stereocenters. The van der Waals surface area contributed by atoms with Gasteiger partial charge in [0.15, 0.2) is 0 Å². The van der Waals surface area contributed by atoms with Gasteiger partial charge in [-0.15, -0.1) is 0 Å². The minimum absolute atomic E-state index is 0.300. The molecule has 0 saturated carbocycles. The van der Waals surface area contributed by atoms with Crippen LogP contribution in [0.15, 0.2) is 30.5 Å². The monoisotopic (exact) mass is 355 g/mol. The molecule has 2 aliphatic rings. The molecule has 4 rings (SSSR count). The summed E-state index contributed by atoms with van der Waals surface area (Å²) < 4.78 is 2.19. The van der Waals surface area contributed by atoms with Gasteiger partial charge in [0.1, 0.15) is 0 Å². The van der Waals surface area contributed by atoms with Gasteiger partial charge >= 0.3 is 0 Å². The number of hydrogen-bond acceptors (Lipinski definition) is 3. The molecule has 134 valence electrons. The van der Waals surface area contributed by atoms with Crippen molar-refractivity contribution in [3.05, 3.63) is 47.3 Å². The van der Waals surface area contributed by atoms with E-state index >= 15 is 0 Å². The molecular formula is C21H29N3S. The van der Waals surface area contributed by atoms with Gasteiger partial charge in [0.25, 0.3) is 0 Å². The van der Waals surface area contributed by atoms with Gasteiger partial charge in [-0.1, -0.05) is 32.0 Å². The van der Waals surface area contributed by atoms with Gasteiger partial charge in [-0.25, -0.2) is 4.68 Å². The Morgan fingerprint density at radius 1 is 1.20 bits per heavy atom. The van der Waals surface area contributed by atoms with Crippen LogP contribution in [0.2, 0.25) is 0 Å². The Morgan fingerprint density at radius 3 is 2.72 bits per heavy atom. The Morgan fingerprint density at radius 2 is 1.96 bits per heavy atom. The molecule has 0 amide bonds. The van der Waals surface area contributed by atoms with Gasteiger partial charge in [-0.05, 0) is 61.2 Å². The largest absolute Gasteiger partial charge is 0.307 e. The highest BCUT2D eigenvalue weighted by Gasteiger charge is 2.36. The number of benzene rings is 1. The zero-order valence-electron chi connectivity index (χ0n) is 15.6. The highest BCUT2D eigenvalue weighted by molar-refractivity contribution is 7.99. The summed E-state index contributed by atoms with van der Waals surface area (Å²) in [6, 6.07) is 9.67. The SMILES string of the molecule is Cc1ccccc1-n1ncc2c1CC(C)(C)C[C@@H]2NC1CCSCC1. The molecule has 1 aromatic heterocycles. The van der Waals surface area contributed by atoms with Gasteiger partial charge in [0, 0.05) is 23.3 Å². The smallest absolute Gasteiger partial charge is 0.0678 e. The first-order chi connectivity index (χ1) is 12.0. The van der Waals surface area contributed by atoms with E-state index in [1.165, 1.54) is 53.3 Å². The second kappa shape index (κ2) is 6.81. The van der Waals surface area contributed by atoms with Gasteiger partial charge in [-0.3, -0.25) is 0 Å². The van der Waals surface area contributed by atoms with Crippen molar-refractivity contribution in [2.45, 2.75) is 58.5 Å². The molecule has 3 nitrogen and oxygen atoms in total. The maximum Gasteiger partial charge on any atom is 0.0678 e. The quantitative estimate of drug-likeness (QED) is 0.867. The van der Waals surface area contributed by atoms with Crippen LogP contribution in [-0.2, 0) is 6.42 Å². The highest BCUT2D eigenvalue weighted by Crippen LogP contribution is 2.42. The third-order valence-corrected chi connectivity index (χ3v) is 6.73. The average molecular weight is 356 g/mol. The molecule has 0 radical (unpaired) electrons. The topological polar surface area (TPSA) is 29.9 Å². The van der Waals surface area contributed by atoms with Crippen LogP contribution in [0.5, 0.6) is 0 Å². The van der Waals surface area contributed by atoms with E-state index in [-0.39, 0.29) is 0 Å². The lowest BCUT2D eigenvalue weighted by Gasteiger charge is -2.38. The standard InChI is InChI=1S/C21H29N3S/c1-15-6-4-5-7-19(15)24-20-13-21(2,3)12-18(17(20)14-22-24)23-16-8-10-25-11-9-16/h4-7,14,16,18,23H,8-13H2,1-3H3/t18-/m0/s1. The summed E-state index contributed by atoms with van der Waals surface area (Å²) >= 11 is 2.09. The van der Waals surface area contributed by atoms with Gasteiger partial charge in [-0.2, -0.15) is 16.9 Å². The molecule has 2 heterocycles. The fourth-order valence-corrected chi connectivity index (χ4v) is 5.46. The summed E-state index contributed by atoms with van der Waals surface area (Å²) in [5.74, 6) is 2.59. The molecule has 0 spiro atoms. The second-order valence-electron chi connectivity index (χ2n) is 8.40. The van der Waals surface area contributed by atoms with E-state index in [1.54, 1.807) is 0 Å². The van der Waals surface area contributed by atoms with E-state index in [4.69, 9.17) is 5.10 Å². The summed E-state index contributed by atoms with van der Waals surface area (Å²) in [7, 11) is 0. The van der Waals surface area contributed by atoms with Crippen molar-refractivity contribution < 1.29 is 0 Å². The van der Waals surface area contributed by atoms with E-state index in [0.717, 1.165) is 6.42 Å². The minimum atomic E-state index is 0.300. The van der Waals surface area contributed by atoms with E-state index in [2.05, 4.69) is 73.0 Å². The molecule has 1 aliphatic carbocycles. The Balaban J connectivity index is 1.68. The van der Waals surface area contributed by atoms with Crippen molar-refractivity contribution in [3.63, 3.8) is 0 Å². The van der Waals surface area contributed by atoms with Crippen LogP contribution in [0, 0.1) is 12.3 Å². The van der Waals surface area contributed by atoms with Crippen molar-refractivity contribution >= 4 is 11.8 Å². The number of para-hydroxylation sites is 1. The minimum Gasteiger partial charge on any atom is -0.307 e. The first kappa shape index (κ1) is 17.2. The second-order valence-corrected chi connectivity index (χ2v) is 9.62. The Kier molecular flexibility index (Phi) is 4.67. The zero-order chi connectivity index (χ0) is 17.4. The van der Waals surface area contributed by atoms with Gasteiger partial charge in [0.2, 0.25) is 0 Å². The van der Waals surface area contributed by atoms with E-state index in [0.29, 0.717) is 17.5 Å². The van der Waals surface area contributed by atoms with E-state index in [1.807, 2.05) is 0 Å². The molecule has 1 aliphatic heterocycles. The number of rotatable bonds is 3. The van der Waals surface area contributed by atoms with Crippen molar-refractivity contribution in [1.29, 1.82) is 0 Å². The summed E-state index contributed by atoms with van der Waals surface area (Å²) in [6.45, 7) is 6.97. The molecule has 1 atom stereocenters. The van der Waals surface area contributed by atoms with E-state index in [9.17, 15) is 0 Å². The normalized spacial score (nSPS) is 23.4. The molecule has 2 aromatic rings. The van der Waals surface area contributed by atoms with Crippen LogP contribution in [-0.4, -0.2) is 27.3 Å². The van der Waals surface area contributed by atoms with Crippen LogP contribution in [0.1, 0.15) is 56.0 Å². The lowest BCUT2D eigenvalue weighted by molar-refractivity contribution is 0.238. The number of thioether (sulfide) groups is 1. The number of fused-ring (bicyclic) bond motifs is 1. The Hall–Kier alpha value is -1.26. The predicted octanol–water partition coefficient (Wildman–Crippen LogP) is 4.68. The predicted molar refractivity (Wildman–Crippen MR) is 107 cm³/mol. The van der Waals surface area contributed by atoms with Crippen LogP contribution in [0.3, 0.4) is 0 Å². The molecule has 4 heteroatoms. The number of hydrogen-bond donors (Lipinski definition) is 1. The van der Waals surface area contributed by atoms with Crippen molar-refractivity contribution in [2.24, 2.45) is 5.41 Å².